The van der Waals surface area contributed by atoms with Crippen LogP contribution in [-0.2, 0) is 14.3 Å². The molecule has 0 radical (unpaired) electrons. The summed E-state index contributed by atoms with van der Waals surface area (Å²) in [7, 11) is 0. The van der Waals surface area contributed by atoms with E-state index < -0.39 is 62.4 Å². The summed E-state index contributed by atoms with van der Waals surface area (Å²) in [5, 5.41) is 34.2. The molecule has 0 aromatic carbocycles. The zero-order valence-corrected chi connectivity index (χ0v) is 22.1. The van der Waals surface area contributed by atoms with Crippen LogP contribution in [0, 0.1) is 22.7 Å². The van der Waals surface area contributed by atoms with E-state index in [0.717, 1.165) is 0 Å². The minimum Gasteiger partial charge on any atom is -0.465 e. The lowest BCUT2D eigenvalue weighted by atomic mass is 9.43. The first-order valence-corrected chi connectivity index (χ1v) is 14.2. The molecule has 202 valence electrons. The maximum Gasteiger partial charge on any atom is 0.319 e. The predicted octanol–water partition coefficient (Wildman–Crippen LogP) is 3.80. The van der Waals surface area contributed by atoms with E-state index in [-0.39, 0.29) is 50.1 Å². The molecule has 3 saturated carbocycles. The van der Waals surface area contributed by atoms with Gasteiger partial charge in [-0.25, -0.2) is 8.78 Å². The van der Waals surface area contributed by atoms with Gasteiger partial charge in [0.05, 0.1) is 17.5 Å². The number of carbonyl (C=O) groups is 2. The number of ketones is 1. The normalized spacial score (nSPS) is 48.7. The summed E-state index contributed by atoms with van der Waals surface area (Å²) in [5.41, 5.74) is -4.27. The minimum atomic E-state index is -2.18. The van der Waals surface area contributed by atoms with Crippen molar-refractivity contribution in [2.24, 2.45) is 22.7 Å². The monoisotopic (exact) mass is 528 g/mol. The maximum absolute atomic E-state index is 17.4. The summed E-state index contributed by atoms with van der Waals surface area (Å²) in [6.07, 6.45) is 0.0388. The van der Waals surface area contributed by atoms with E-state index in [4.69, 9.17) is 4.74 Å². The Balaban J connectivity index is 1.61. The minimum absolute atomic E-state index is 0.0419. The second-order valence-electron chi connectivity index (χ2n) is 12.2. The molecule has 0 aromatic heterocycles. The Morgan fingerprint density at radius 2 is 1.92 bits per heavy atom. The third kappa shape index (κ3) is 3.24. The van der Waals surface area contributed by atoms with Gasteiger partial charge in [-0.3, -0.25) is 9.59 Å². The van der Waals surface area contributed by atoms with Gasteiger partial charge < -0.3 is 20.1 Å². The number of carbonyl (C=O) groups excluding carboxylic acids is 2. The van der Waals surface area contributed by atoms with Crippen molar-refractivity contribution in [1.82, 2.24) is 0 Å². The fourth-order valence-corrected chi connectivity index (χ4v) is 10.8. The van der Waals surface area contributed by atoms with Crippen LogP contribution in [-0.4, -0.2) is 67.4 Å². The van der Waals surface area contributed by atoms with Crippen molar-refractivity contribution >= 4 is 23.5 Å². The smallest absolute Gasteiger partial charge is 0.319 e. The van der Waals surface area contributed by atoms with Gasteiger partial charge in [-0.05, 0) is 55.1 Å². The molecule has 4 aliphatic carbocycles. The largest absolute Gasteiger partial charge is 0.465 e. The van der Waals surface area contributed by atoms with Gasteiger partial charge in [-0.2, -0.15) is 0 Å². The SMILES string of the molecule is CCCC(O)(O)C1(SC2CCOC2=O)CC[C@H]2[C@@H]3CC(F)C4=CC(=O)CC[C@]4(C)[C@]3(F)C(O)C[C@@]21C. The standard InChI is InChI=1S/C27H38F2O6S/c1-4-8-26(33,34)25(36-20-7-11-35-22(20)32)10-6-16-17-13-19(28)18-12-15(30)5-9-23(18,2)27(17,29)21(31)14-24(16,25)3/h12,16-17,19-21,31,33-34H,4-11,13-14H2,1-3H3/t16-,17-,19?,20?,21?,23-,24-,25?,27+/m0/s1. The highest BCUT2D eigenvalue weighted by atomic mass is 32.2. The van der Waals surface area contributed by atoms with Gasteiger partial charge in [-0.15, -0.1) is 11.8 Å². The number of ether oxygens (including phenoxy) is 1. The molecule has 0 spiro atoms. The van der Waals surface area contributed by atoms with E-state index in [1.165, 1.54) is 17.8 Å². The first-order valence-electron chi connectivity index (χ1n) is 13.3. The van der Waals surface area contributed by atoms with Crippen LogP contribution in [0.1, 0.15) is 78.6 Å². The Morgan fingerprint density at radius 1 is 1.19 bits per heavy atom. The molecule has 4 fully saturated rings. The Morgan fingerprint density at radius 3 is 2.56 bits per heavy atom. The second kappa shape index (κ2) is 8.48. The second-order valence-corrected chi connectivity index (χ2v) is 13.7. The number of hydrogen-bond acceptors (Lipinski definition) is 7. The van der Waals surface area contributed by atoms with Gasteiger partial charge in [0.15, 0.2) is 11.6 Å². The van der Waals surface area contributed by atoms with E-state index in [1.54, 1.807) is 6.92 Å². The molecule has 1 aliphatic heterocycles. The fourth-order valence-electron chi connectivity index (χ4n) is 8.87. The lowest BCUT2D eigenvalue weighted by Gasteiger charge is -2.65. The van der Waals surface area contributed by atoms with E-state index in [0.29, 0.717) is 25.7 Å². The van der Waals surface area contributed by atoms with Crippen molar-refractivity contribution in [2.45, 2.75) is 112 Å². The van der Waals surface area contributed by atoms with Crippen LogP contribution in [0.3, 0.4) is 0 Å². The van der Waals surface area contributed by atoms with Crippen LogP contribution in [0.5, 0.6) is 0 Å². The highest BCUT2D eigenvalue weighted by molar-refractivity contribution is 8.02. The Bertz CT molecular complexity index is 987. The average Bonchev–Trinajstić information content (AvgIpc) is 3.33. The predicted molar refractivity (Wildman–Crippen MR) is 130 cm³/mol. The van der Waals surface area contributed by atoms with Gasteiger partial charge in [-0.1, -0.05) is 27.2 Å². The van der Waals surface area contributed by atoms with Crippen molar-refractivity contribution in [3.8, 4) is 0 Å². The number of thioether (sulfide) groups is 1. The van der Waals surface area contributed by atoms with Crippen LogP contribution in [0.2, 0.25) is 0 Å². The Labute approximate surface area is 215 Å². The summed E-state index contributed by atoms with van der Waals surface area (Å²) in [5.74, 6) is -4.07. The zero-order chi connectivity index (χ0) is 26.3. The van der Waals surface area contributed by atoms with Gasteiger partial charge in [0, 0.05) is 30.6 Å². The summed E-state index contributed by atoms with van der Waals surface area (Å²) < 4.78 is 37.0. The number of aliphatic hydroxyl groups excluding tert-OH is 1. The van der Waals surface area contributed by atoms with E-state index in [2.05, 4.69) is 0 Å². The van der Waals surface area contributed by atoms with Crippen LogP contribution < -0.4 is 0 Å². The van der Waals surface area contributed by atoms with Crippen molar-refractivity contribution < 1.29 is 38.4 Å². The van der Waals surface area contributed by atoms with E-state index in [1.807, 2.05) is 13.8 Å². The molecule has 5 aliphatic rings. The molecule has 5 rings (SSSR count). The number of halogens is 2. The maximum atomic E-state index is 17.4. The summed E-state index contributed by atoms with van der Waals surface area (Å²) in [6.45, 7) is 5.61. The first kappa shape index (κ1) is 26.6. The number of esters is 1. The summed E-state index contributed by atoms with van der Waals surface area (Å²) in [4.78, 5) is 24.6. The molecule has 4 unspecified atom stereocenters. The fraction of sp³-hybridized carbons (Fsp3) is 0.852. The molecular formula is C27H38F2O6S. The number of fused-ring (bicyclic) bond motifs is 5. The topological polar surface area (TPSA) is 104 Å². The highest BCUT2D eigenvalue weighted by Crippen LogP contribution is 2.74. The van der Waals surface area contributed by atoms with Crippen molar-refractivity contribution in [2.75, 3.05) is 6.61 Å². The number of allylic oxidation sites excluding steroid dienone is 1. The number of rotatable bonds is 5. The lowest BCUT2D eigenvalue weighted by Crippen LogP contribution is -2.72. The molecule has 1 saturated heterocycles. The van der Waals surface area contributed by atoms with Gasteiger partial charge in [0.25, 0.3) is 0 Å². The highest BCUT2D eigenvalue weighted by Gasteiger charge is 2.77. The Hall–Kier alpha value is -1.03. The molecule has 36 heavy (non-hydrogen) atoms. The first-order chi connectivity index (χ1) is 16.8. The van der Waals surface area contributed by atoms with Gasteiger partial charge in [0.2, 0.25) is 0 Å². The van der Waals surface area contributed by atoms with Crippen molar-refractivity contribution in [3.05, 3.63) is 11.6 Å². The van der Waals surface area contributed by atoms with E-state index >= 15 is 8.78 Å². The molecular weight excluding hydrogens is 490 g/mol. The third-order valence-electron chi connectivity index (χ3n) is 10.6. The molecule has 3 N–H and O–H groups in total. The quantitative estimate of drug-likeness (QED) is 0.368. The van der Waals surface area contributed by atoms with Crippen LogP contribution >= 0.6 is 11.8 Å². The van der Waals surface area contributed by atoms with Gasteiger partial charge >= 0.3 is 5.97 Å². The summed E-state index contributed by atoms with van der Waals surface area (Å²) in [6, 6.07) is 0. The number of aliphatic hydroxyl groups is 3. The van der Waals surface area contributed by atoms with Crippen LogP contribution in [0.15, 0.2) is 11.6 Å². The third-order valence-corrected chi connectivity index (χ3v) is 12.7. The summed E-state index contributed by atoms with van der Waals surface area (Å²) >= 11 is 1.21. The van der Waals surface area contributed by atoms with E-state index in [9.17, 15) is 24.9 Å². The molecule has 0 bridgehead atoms. The van der Waals surface area contributed by atoms with Crippen molar-refractivity contribution in [3.63, 3.8) is 0 Å². The Kier molecular flexibility index (Phi) is 6.26. The molecule has 0 amide bonds. The number of cyclic esters (lactones) is 1. The van der Waals surface area contributed by atoms with Gasteiger partial charge in [0.1, 0.15) is 17.1 Å². The van der Waals surface area contributed by atoms with Crippen LogP contribution in [0.25, 0.3) is 0 Å². The molecule has 6 nitrogen and oxygen atoms in total. The lowest BCUT2D eigenvalue weighted by molar-refractivity contribution is -0.249. The van der Waals surface area contributed by atoms with Crippen LogP contribution in [0.4, 0.5) is 8.78 Å². The van der Waals surface area contributed by atoms with Crippen molar-refractivity contribution in [1.29, 1.82) is 0 Å². The molecule has 9 atom stereocenters. The number of alkyl halides is 2. The molecule has 1 heterocycles. The molecule has 9 heteroatoms. The zero-order valence-electron chi connectivity index (χ0n) is 21.3. The average molecular weight is 529 g/mol. The molecule has 0 aromatic rings. The number of hydrogen-bond donors (Lipinski definition) is 3.